The number of pyridine rings is 1. The van der Waals surface area contributed by atoms with Gasteiger partial charge in [-0.15, -0.1) is 0 Å². The molecule has 0 spiro atoms. The lowest BCUT2D eigenvalue weighted by Gasteiger charge is -2.20. The van der Waals surface area contributed by atoms with Crippen LogP contribution in [0.25, 0.3) is 11.1 Å². The van der Waals surface area contributed by atoms with E-state index in [1.165, 1.54) is 5.56 Å². The van der Waals surface area contributed by atoms with E-state index in [1.54, 1.807) is 0 Å². The summed E-state index contributed by atoms with van der Waals surface area (Å²) in [7, 11) is 3.75. The van der Waals surface area contributed by atoms with Crippen molar-refractivity contribution in [1.82, 2.24) is 10.3 Å². The number of hydrogen-bond donors (Lipinski definition) is 1. The number of benzene rings is 1. The van der Waals surface area contributed by atoms with Crippen molar-refractivity contribution < 1.29 is 4.74 Å². The van der Waals surface area contributed by atoms with Gasteiger partial charge in [-0.3, -0.25) is 4.98 Å². The molecule has 1 aromatic heterocycles. The fraction of sp³-hybridized carbons (Fsp3) is 0.353. The maximum absolute atomic E-state index is 5.81. The minimum Gasteiger partial charge on any atom is -0.493 e. The first-order valence-electron chi connectivity index (χ1n) is 7.02. The fourth-order valence-electron chi connectivity index (χ4n) is 2.24. The van der Waals surface area contributed by atoms with E-state index in [1.807, 2.05) is 33.3 Å². The largest absolute Gasteiger partial charge is 0.493 e. The molecule has 2 aromatic rings. The second-order valence-electron chi connectivity index (χ2n) is 4.93. The van der Waals surface area contributed by atoms with Crippen LogP contribution in [0, 0.1) is 6.92 Å². The lowest BCUT2D eigenvalue weighted by molar-refractivity contribution is 0.289. The first kappa shape index (κ1) is 14.5. The molecule has 1 aliphatic heterocycles. The van der Waals surface area contributed by atoms with Crippen LogP contribution < -0.4 is 10.1 Å². The van der Waals surface area contributed by atoms with Gasteiger partial charge < -0.3 is 10.1 Å². The summed E-state index contributed by atoms with van der Waals surface area (Å²) in [5.74, 6) is 1.05. The Labute approximate surface area is 121 Å². The SMILES string of the molecule is CNC.Cc1ccc(-c2cccc3c2OCCC3)cn1. The van der Waals surface area contributed by atoms with Crippen molar-refractivity contribution in [3.63, 3.8) is 0 Å². The van der Waals surface area contributed by atoms with Crippen molar-refractivity contribution in [2.75, 3.05) is 20.7 Å². The number of aromatic nitrogens is 1. The number of fused-ring (bicyclic) bond motifs is 1. The van der Waals surface area contributed by atoms with Crippen LogP contribution in [0.5, 0.6) is 5.75 Å². The van der Waals surface area contributed by atoms with E-state index in [0.29, 0.717) is 0 Å². The van der Waals surface area contributed by atoms with Gasteiger partial charge in [-0.25, -0.2) is 0 Å². The molecule has 1 aromatic carbocycles. The Morgan fingerprint density at radius 2 is 1.95 bits per heavy atom. The molecule has 1 N–H and O–H groups in total. The summed E-state index contributed by atoms with van der Waals surface area (Å²) in [6.45, 7) is 2.82. The van der Waals surface area contributed by atoms with E-state index in [2.05, 4.69) is 34.6 Å². The Morgan fingerprint density at radius 3 is 2.65 bits per heavy atom. The second-order valence-corrected chi connectivity index (χ2v) is 4.93. The molecule has 0 aliphatic carbocycles. The zero-order chi connectivity index (χ0) is 14.4. The first-order valence-corrected chi connectivity index (χ1v) is 7.02. The summed E-state index contributed by atoms with van der Waals surface area (Å²) < 4.78 is 5.81. The molecule has 3 rings (SSSR count). The maximum Gasteiger partial charge on any atom is 0.130 e. The normalized spacial score (nSPS) is 12.8. The molecule has 0 fully saturated rings. The average molecular weight is 270 g/mol. The predicted octanol–water partition coefficient (Wildman–Crippen LogP) is 3.22. The summed E-state index contributed by atoms with van der Waals surface area (Å²) >= 11 is 0. The van der Waals surface area contributed by atoms with Crippen LogP contribution >= 0.6 is 0 Å². The second kappa shape index (κ2) is 7.06. The monoisotopic (exact) mass is 270 g/mol. The van der Waals surface area contributed by atoms with E-state index >= 15 is 0 Å². The fourth-order valence-corrected chi connectivity index (χ4v) is 2.24. The predicted molar refractivity (Wildman–Crippen MR) is 83.2 cm³/mol. The quantitative estimate of drug-likeness (QED) is 0.864. The van der Waals surface area contributed by atoms with Gasteiger partial charge in [0, 0.05) is 23.0 Å². The highest BCUT2D eigenvalue weighted by atomic mass is 16.5. The summed E-state index contributed by atoms with van der Waals surface area (Å²) in [5, 5.41) is 2.75. The van der Waals surface area contributed by atoms with Gasteiger partial charge >= 0.3 is 0 Å². The molecule has 0 amide bonds. The van der Waals surface area contributed by atoms with E-state index in [0.717, 1.165) is 42.0 Å². The molecule has 0 bridgehead atoms. The molecule has 3 nitrogen and oxygen atoms in total. The minimum atomic E-state index is 0.823. The molecule has 0 saturated carbocycles. The van der Waals surface area contributed by atoms with Crippen LogP contribution in [0.3, 0.4) is 0 Å². The molecule has 3 heteroatoms. The van der Waals surface area contributed by atoms with E-state index in [4.69, 9.17) is 4.74 Å². The van der Waals surface area contributed by atoms with Crippen molar-refractivity contribution >= 4 is 0 Å². The van der Waals surface area contributed by atoms with Gasteiger partial charge in [0.25, 0.3) is 0 Å². The number of aryl methyl sites for hydroxylation is 2. The molecular weight excluding hydrogens is 248 g/mol. The van der Waals surface area contributed by atoms with Crippen LogP contribution in [0.4, 0.5) is 0 Å². The summed E-state index contributed by atoms with van der Waals surface area (Å²) in [4.78, 5) is 4.35. The molecule has 0 saturated heterocycles. The smallest absolute Gasteiger partial charge is 0.130 e. The molecule has 0 radical (unpaired) electrons. The number of nitrogens with one attached hydrogen (secondary N) is 1. The lowest BCUT2D eigenvalue weighted by atomic mass is 9.98. The van der Waals surface area contributed by atoms with Gasteiger partial charge in [0.2, 0.25) is 0 Å². The summed E-state index contributed by atoms with van der Waals surface area (Å²) in [6, 6.07) is 10.5. The molecule has 0 atom stereocenters. The molecule has 106 valence electrons. The Bertz CT molecular complexity index is 549. The topological polar surface area (TPSA) is 34.1 Å². The minimum absolute atomic E-state index is 0.823. The molecule has 2 heterocycles. The molecule has 1 aliphatic rings. The third kappa shape index (κ3) is 3.36. The summed E-state index contributed by atoms with van der Waals surface area (Å²) in [6.07, 6.45) is 4.15. The van der Waals surface area contributed by atoms with Gasteiger partial charge in [0.15, 0.2) is 0 Å². The van der Waals surface area contributed by atoms with Crippen molar-refractivity contribution in [3.8, 4) is 16.9 Å². The van der Waals surface area contributed by atoms with Gasteiger partial charge in [-0.05, 0) is 45.5 Å². The third-order valence-corrected chi connectivity index (χ3v) is 3.16. The van der Waals surface area contributed by atoms with Crippen LogP contribution in [0.2, 0.25) is 0 Å². The van der Waals surface area contributed by atoms with Crippen LogP contribution in [0.1, 0.15) is 17.7 Å². The van der Waals surface area contributed by atoms with Gasteiger partial charge in [-0.2, -0.15) is 0 Å². The maximum atomic E-state index is 5.81. The molecular formula is C17H22N2O. The van der Waals surface area contributed by atoms with E-state index in [-0.39, 0.29) is 0 Å². The Morgan fingerprint density at radius 1 is 1.15 bits per heavy atom. The highest BCUT2D eigenvalue weighted by Crippen LogP contribution is 2.35. The van der Waals surface area contributed by atoms with Crippen molar-refractivity contribution in [2.24, 2.45) is 0 Å². The Balaban J connectivity index is 0.000000452. The van der Waals surface area contributed by atoms with E-state index < -0.39 is 0 Å². The zero-order valence-corrected chi connectivity index (χ0v) is 12.4. The van der Waals surface area contributed by atoms with Gasteiger partial charge in [0.05, 0.1) is 6.61 Å². The highest BCUT2D eigenvalue weighted by Gasteiger charge is 2.15. The molecule has 0 unspecified atom stereocenters. The third-order valence-electron chi connectivity index (χ3n) is 3.16. The Hall–Kier alpha value is -1.87. The average Bonchev–Trinajstić information content (AvgIpc) is 2.48. The lowest BCUT2D eigenvalue weighted by Crippen LogP contribution is -2.09. The van der Waals surface area contributed by atoms with Crippen molar-refractivity contribution in [3.05, 3.63) is 47.8 Å². The number of ether oxygens (including phenoxy) is 1. The number of nitrogens with zero attached hydrogens (tertiary/aromatic N) is 1. The van der Waals surface area contributed by atoms with Gasteiger partial charge in [0.1, 0.15) is 5.75 Å². The summed E-state index contributed by atoms with van der Waals surface area (Å²) in [5.41, 5.74) is 4.65. The van der Waals surface area contributed by atoms with Crippen LogP contribution in [-0.4, -0.2) is 25.7 Å². The van der Waals surface area contributed by atoms with Crippen LogP contribution in [-0.2, 0) is 6.42 Å². The standard InChI is InChI=1S/C15H15NO.C2H7N/c1-11-7-8-13(10-16-11)14-6-2-4-12-5-3-9-17-15(12)14;1-3-2/h2,4,6-8,10H,3,5,9H2,1H3;3H,1-2H3. The van der Waals surface area contributed by atoms with Crippen molar-refractivity contribution in [1.29, 1.82) is 0 Å². The Kier molecular flexibility index (Phi) is 5.13. The number of para-hydroxylation sites is 1. The first-order chi connectivity index (χ1) is 9.76. The number of hydrogen-bond acceptors (Lipinski definition) is 3. The van der Waals surface area contributed by atoms with Crippen LogP contribution in [0.15, 0.2) is 36.5 Å². The van der Waals surface area contributed by atoms with Gasteiger partial charge in [-0.1, -0.05) is 24.3 Å². The van der Waals surface area contributed by atoms with E-state index in [9.17, 15) is 0 Å². The zero-order valence-electron chi connectivity index (χ0n) is 12.4. The number of rotatable bonds is 1. The van der Waals surface area contributed by atoms with Crippen molar-refractivity contribution in [2.45, 2.75) is 19.8 Å². The highest BCUT2D eigenvalue weighted by molar-refractivity contribution is 5.71. The molecule has 20 heavy (non-hydrogen) atoms.